The molecule has 0 aliphatic rings. The highest BCUT2D eigenvalue weighted by Crippen LogP contribution is 2.02. The molecule has 0 unspecified atom stereocenters. The molecule has 0 bridgehead atoms. The van der Waals surface area contributed by atoms with Crippen LogP contribution in [0.15, 0.2) is 60.8 Å². The zero-order chi connectivity index (χ0) is 19.3. The third-order valence-corrected chi connectivity index (χ3v) is 3.49. The summed E-state index contributed by atoms with van der Waals surface area (Å²) in [6.45, 7) is 6.77. The molecule has 0 saturated heterocycles. The standard InChI is InChI=1S/C24H38O2/c1-4-5-6-7-8-9-10-11-12-13-14-15-16-17-18-19-20-21-24(25)26-22-23(2)3/h5-6,8-9,11-12,14-15,17-18,23H,4,7,10,13,16,19-22H2,1-3H3/b6-5-,9-8-,12-11-,15-14-,18-17-. The minimum Gasteiger partial charge on any atom is -0.465 e. The van der Waals surface area contributed by atoms with Gasteiger partial charge in [0.2, 0.25) is 0 Å². The summed E-state index contributed by atoms with van der Waals surface area (Å²) in [6, 6.07) is 0. The number of carbonyl (C=O) groups is 1. The number of allylic oxidation sites excluding steroid dienone is 10. The Balaban J connectivity index is 3.51. The topological polar surface area (TPSA) is 26.3 Å². The zero-order valence-electron chi connectivity index (χ0n) is 17.0. The van der Waals surface area contributed by atoms with Crippen LogP contribution in [-0.2, 0) is 9.53 Å². The predicted octanol–water partition coefficient (Wildman–Crippen LogP) is 7.11. The number of esters is 1. The number of ether oxygens (including phenoxy) is 1. The van der Waals surface area contributed by atoms with Crippen LogP contribution in [0.4, 0.5) is 0 Å². The number of hydrogen-bond acceptors (Lipinski definition) is 2. The van der Waals surface area contributed by atoms with Gasteiger partial charge in [-0.15, -0.1) is 0 Å². The van der Waals surface area contributed by atoms with E-state index in [0.29, 0.717) is 18.9 Å². The quantitative estimate of drug-likeness (QED) is 0.177. The third-order valence-electron chi connectivity index (χ3n) is 3.49. The van der Waals surface area contributed by atoms with Gasteiger partial charge in [-0.3, -0.25) is 4.79 Å². The van der Waals surface area contributed by atoms with Crippen molar-refractivity contribution in [1.82, 2.24) is 0 Å². The number of hydrogen-bond donors (Lipinski definition) is 0. The van der Waals surface area contributed by atoms with E-state index < -0.39 is 0 Å². The van der Waals surface area contributed by atoms with Gasteiger partial charge in [-0.1, -0.05) is 81.5 Å². The van der Waals surface area contributed by atoms with E-state index >= 15 is 0 Å². The molecule has 0 heterocycles. The molecule has 26 heavy (non-hydrogen) atoms. The maximum absolute atomic E-state index is 11.4. The minimum absolute atomic E-state index is 0.0777. The predicted molar refractivity (Wildman–Crippen MR) is 114 cm³/mol. The second-order valence-corrected chi connectivity index (χ2v) is 6.68. The Kier molecular flexibility index (Phi) is 18.1. The monoisotopic (exact) mass is 358 g/mol. The van der Waals surface area contributed by atoms with Crippen LogP contribution in [-0.4, -0.2) is 12.6 Å². The first kappa shape index (κ1) is 24.2. The molecule has 0 fully saturated rings. The van der Waals surface area contributed by atoms with E-state index in [-0.39, 0.29) is 5.97 Å². The number of carbonyl (C=O) groups excluding carboxylic acids is 1. The van der Waals surface area contributed by atoms with Gasteiger partial charge in [0.1, 0.15) is 0 Å². The van der Waals surface area contributed by atoms with Crippen LogP contribution in [0.1, 0.15) is 72.1 Å². The van der Waals surface area contributed by atoms with E-state index in [0.717, 1.165) is 44.9 Å². The minimum atomic E-state index is -0.0777. The van der Waals surface area contributed by atoms with E-state index in [1.165, 1.54) is 0 Å². The van der Waals surface area contributed by atoms with Crippen molar-refractivity contribution in [3.05, 3.63) is 60.8 Å². The second-order valence-electron chi connectivity index (χ2n) is 6.68. The molecule has 0 aliphatic heterocycles. The fraction of sp³-hybridized carbons (Fsp3) is 0.542. The van der Waals surface area contributed by atoms with E-state index in [4.69, 9.17) is 4.74 Å². The van der Waals surface area contributed by atoms with Gasteiger partial charge in [0.05, 0.1) is 6.61 Å². The summed E-state index contributed by atoms with van der Waals surface area (Å²) in [6.07, 6.45) is 29.3. The first-order valence-corrected chi connectivity index (χ1v) is 10.1. The molecular weight excluding hydrogens is 320 g/mol. The molecule has 0 aromatic carbocycles. The molecule has 0 saturated carbocycles. The van der Waals surface area contributed by atoms with E-state index in [2.05, 4.69) is 67.7 Å². The maximum Gasteiger partial charge on any atom is 0.305 e. The third kappa shape index (κ3) is 20.2. The van der Waals surface area contributed by atoms with E-state index in [1.807, 2.05) is 13.8 Å². The van der Waals surface area contributed by atoms with Gasteiger partial charge >= 0.3 is 5.97 Å². The van der Waals surface area contributed by atoms with Gasteiger partial charge in [0, 0.05) is 6.42 Å². The van der Waals surface area contributed by atoms with Gasteiger partial charge in [-0.05, 0) is 50.9 Å². The summed E-state index contributed by atoms with van der Waals surface area (Å²) < 4.78 is 5.14. The molecule has 2 nitrogen and oxygen atoms in total. The van der Waals surface area contributed by atoms with Crippen molar-refractivity contribution in [2.75, 3.05) is 6.61 Å². The molecular formula is C24H38O2. The van der Waals surface area contributed by atoms with Gasteiger partial charge in [-0.2, -0.15) is 0 Å². The Hall–Kier alpha value is -1.83. The fourth-order valence-corrected chi connectivity index (χ4v) is 2.06. The molecule has 0 amide bonds. The summed E-state index contributed by atoms with van der Waals surface area (Å²) in [5.74, 6) is 0.330. The van der Waals surface area contributed by atoms with E-state index in [9.17, 15) is 4.79 Å². The average molecular weight is 359 g/mol. The highest BCUT2D eigenvalue weighted by Gasteiger charge is 2.02. The summed E-state index contributed by atoms with van der Waals surface area (Å²) in [5, 5.41) is 0. The molecule has 0 N–H and O–H groups in total. The van der Waals surface area contributed by atoms with Crippen molar-refractivity contribution >= 4 is 5.97 Å². The van der Waals surface area contributed by atoms with Crippen LogP contribution in [0.3, 0.4) is 0 Å². The molecule has 0 radical (unpaired) electrons. The number of rotatable bonds is 15. The van der Waals surface area contributed by atoms with Crippen LogP contribution in [0.2, 0.25) is 0 Å². The Bertz CT molecular complexity index is 465. The molecule has 0 spiro atoms. The van der Waals surface area contributed by atoms with Crippen molar-refractivity contribution in [1.29, 1.82) is 0 Å². The van der Waals surface area contributed by atoms with Crippen molar-refractivity contribution < 1.29 is 9.53 Å². The van der Waals surface area contributed by atoms with Gasteiger partial charge < -0.3 is 4.74 Å². The van der Waals surface area contributed by atoms with Gasteiger partial charge in [0.15, 0.2) is 0 Å². The normalized spacial score (nSPS) is 12.8. The highest BCUT2D eigenvalue weighted by molar-refractivity contribution is 5.69. The summed E-state index contributed by atoms with van der Waals surface area (Å²) in [4.78, 5) is 11.4. The van der Waals surface area contributed by atoms with Gasteiger partial charge in [0.25, 0.3) is 0 Å². The Morgan fingerprint density at radius 1 is 0.769 bits per heavy atom. The molecule has 2 heteroatoms. The van der Waals surface area contributed by atoms with Crippen LogP contribution < -0.4 is 0 Å². The maximum atomic E-state index is 11.4. The molecule has 0 aromatic rings. The lowest BCUT2D eigenvalue weighted by Gasteiger charge is -2.06. The number of unbranched alkanes of at least 4 members (excludes halogenated alkanes) is 1. The summed E-state index contributed by atoms with van der Waals surface area (Å²) in [7, 11) is 0. The van der Waals surface area contributed by atoms with Crippen LogP contribution in [0, 0.1) is 5.92 Å². The van der Waals surface area contributed by atoms with Crippen LogP contribution in [0.5, 0.6) is 0 Å². The highest BCUT2D eigenvalue weighted by atomic mass is 16.5. The van der Waals surface area contributed by atoms with Crippen molar-refractivity contribution in [2.45, 2.75) is 72.1 Å². The van der Waals surface area contributed by atoms with E-state index in [1.54, 1.807) is 0 Å². The first-order chi connectivity index (χ1) is 12.7. The van der Waals surface area contributed by atoms with Crippen LogP contribution >= 0.6 is 0 Å². The van der Waals surface area contributed by atoms with Crippen molar-refractivity contribution in [3.8, 4) is 0 Å². The SMILES string of the molecule is CC/C=C\C/C=C\C/C=C\C/C=C\C/C=C\CCCC(=O)OCC(C)C. The van der Waals surface area contributed by atoms with Crippen molar-refractivity contribution in [3.63, 3.8) is 0 Å². The van der Waals surface area contributed by atoms with Crippen molar-refractivity contribution in [2.24, 2.45) is 5.92 Å². The lowest BCUT2D eigenvalue weighted by molar-refractivity contribution is -0.144. The summed E-state index contributed by atoms with van der Waals surface area (Å²) in [5.41, 5.74) is 0. The first-order valence-electron chi connectivity index (χ1n) is 10.1. The van der Waals surface area contributed by atoms with Gasteiger partial charge in [-0.25, -0.2) is 0 Å². The Morgan fingerprint density at radius 2 is 1.23 bits per heavy atom. The molecule has 0 atom stereocenters. The lowest BCUT2D eigenvalue weighted by Crippen LogP contribution is -2.09. The Morgan fingerprint density at radius 3 is 1.69 bits per heavy atom. The fourth-order valence-electron chi connectivity index (χ4n) is 2.06. The molecule has 0 rings (SSSR count). The zero-order valence-corrected chi connectivity index (χ0v) is 17.0. The second kappa shape index (κ2) is 19.5. The Labute approximate surface area is 161 Å². The average Bonchev–Trinajstić information content (AvgIpc) is 2.62. The molecule has 0 aliphatic carbocycles. The summed E-state index contributed by atoms with van der Waals surface area (Å²) >= 11 is 0. The smallest absolute Gasteiger partial charge is 0.305 e. The van der Waals surface area contributed by atoms with Crippen LogP contribution in [0.25, 0.3) is 0 Å². The molecule has 0 aromatic heterocycles. The lowest BCUT2D eigenvalue weighted by atomic mass is 10.2. The largest absolute Gasteiger partial charge is 0.465 e. The molecule has 146 valence electrons.